The summed E-state index contributed by atoms with van der Waals surface area (Å²) in [7, 11) is 0. The molecule has 6 heteroatoms. The molecule has 32 heavy (non-hydrogen) atoms. The molecule has 188 valence electrons. The first-order chi connectivity index (χ1) is 15.5. The minimum Gasteiger partial charge on any atom is -0.480 e. The van der Waals surface area contributed by atoms with Gasteiger partial charge in [0, 0.05) is 12.8 Å². The third kappa shape index (κ3) is 21.6. The van der Waals surface area contributed by atoms with E-state index in [1.54, 1.807) is 0 Å². The minimum absolute atomic E-state index is 0.0200. The van der Waals surface area contributed by atoms with Gasteiger partial charge in [0.1, 0.15) is 12.6 Å². The summed E-state index contributed by atoms with van der Waals surface area (Å²) in [6.07, 6.45) is 19.6. The monoisotopic (exact) mass is 455 g/mol. The molecule has 0 saturated carbocycles. The second-order valence-electron chi connectivity index (χ2n) is 8.96. The SMILES string of the molecule is CCCCCCCCCCCC(=O)OC(CCCCC)CCCCCC(=O)NCC(=O)O. The molecular weight excluding hydrogens is 406 g/mol. The molecule has 1 atom stereocenters. The fraction of sp³-hybridized carbons (Fsp3) is 0.885. The maximum Gasteiger partial charge on any atom is 0.322 e. The average molecular weight is 456 g/mol. The number of hydrogen-bond acceptors (Lipinski definition) is 4. The normalized spacial score (nSPS) is 11.8. The fourth-order valence-corrected chi connectivity index (χ4v) is 3.81. The van der Waals surface area contributed by atoms with E-state index in [1.807, 2.05) is 0 Å². The number of rotatable bonds is 23. The topological polar surface area (TPSA) is 92.7 Å². The summed E-state index contributed by atoms with van der Waals surface area (Å²) in [5.74, 6) is -1.32. The summed E-state index contributed by atoms with van der Waals surface area (Å²) in [6, 6.07) is 0. The van der Waals surface area contributed by atoms with Crippen LogP contribution in [0.2, 0.25) is 0 Å². The molecule has 0 aliphatic carbocycles. The number of carbonyl (C=O) groups is 3. The van der Waals surface area contributed by atoms with Crippen LogP contribution in [0.1, 0.15) is 136 Å². The van der Waals surface area contributed by atoms with Crippen LogP contribution in [0.5, 0.6) is 0 Å². The van der Waals surface area contributed by atoms with E-state index in [9.17, 15) is 14.4 Å². The van der Waals surface area contributed by atoms with Crippen molar-refractivity contribution in [2.75, 3.05) is 6.54 Å². The number of amides is 1. The van der Waals surface area contributed by atoms with Crippen LogP contribution in [0.4, 0.5) is 0 Å². The Bertz CT molecular complexity index is 481. The Balaban J connectivity index is 3.94. The van der Waals surface area contributed by atoms with Crippen LogP contribution in [-0.2, 0) is 19.1 Å². The molecule has 0 spiro atoms. The second kappa shape index (κ2) is 22.6. The van der Waals surface area contributed by atoms with Crippen LogP contribution in [0, 0.1) is 0 Å². The van der Waals surface area contributed by atoms with Gasteiger partial charge >= 0.3 is 11.9 Å². The van der Waals surface area contributed by atoms with Gasteiger partial charge in [-0.3, -0.25) is 14.4 Å². The van der Waals surface area contributed by atoms with Crippen molar-refractivity contribution >= 4 is 17.8 Å². The molecule has 0 heterocycles. The van der Waals surface area contributed by atoms with Crippen LogP contribution >= 0.6 is 0 Å². The molecule has 0 bridgehead atoms. The Morgan fingerprint density at radius 2 is 1.16 bits per heavy atom. The molecule has 1 amide bonds. The standard InChI is InChI=1S/C26H49NO5/c1-3-5-7-8-9-10-11-12-17-21-26(31)32-23(18-14-6-4-2)19-15-13-16-20-24(28)27-22-25(29)30/h23H,3-22H2,1-2H3,(H,27,28)(H,29,30). The smallest absolute Gasteiger partial charge is 0.322 e. The Morgan fingerprint density at radius 1 is 0.688 bits per heavy atom. The summed E-state index contributed by atoms with van der Waals surface area (Å²) in [5.41, 5.74) is 0. The Hall–Kier alpha value is -1.59. The molecule has 0 aliphatic rings. The van der Waals surface area contributed by atoms with Crippen LogP contribution < -0.4 is 5.32 Å². The zero-order chi connectivity index (χ0) is 23.9. The van der Waals surface area contributed by atoms with Gasteiger partial charge in [-0.05, 0) is 38.5 Å². The molecular formula is C26H49NO5. The lowest BCUT2D eigenvalue weighted by Crippen LogP contribution is -2.28. The van der Waals surface area contributed by atoms with Crippen molar-refractivity contribution in [1.82, 2.24) is 5.32 Å². The highest BCUT2D eigenvalue weighted by molar-refractivity contribution is 5.80. The number of carboxylic acids is 1. The van der Waals surface area contributed by atoms with Gasteiger partial charge in [-0.1, -0.05) is 84.5 Å². The first-order valence-electron chi connectivity index (χ1n) is 13.2. The number of unbranched alkanes of at least 4 members (excludes halogenated alkanes) is 12. The van der Waals surface area contributed by atoms with E-state index >= 15 is 0 Å². The zero-order valence-corrected chi connectivity index (χ0v) is 20.8. The van der Waals surface area contributed by atoms with Gasteiger partial charge in [0.2, 0.25) is 5.91 Å². The summed E-state index contributed by atoms with van der Waals surface area (Å²) >= 11 is 0. The van der Waals surface area contributed by atoms with E-state index < -0.39 is 5.97 Å². The summed E-state index contributed by atoms with van der Waals surface area (Å²) in [6.45, 7) is 4.08. The molecule has 0 aliphatic heterocycles. The predicted molar refractivity (Wildman–Crippen MR) is 130 cm³/mol. The lowest BCUT2D eigenvalue weighted by atomic mass is 10.0. The predicted octanol–water partition coefficient (Wildman–Crippen LogP) is 6.55. The number of hydrogen-bond donors (Lipinski definition) is 2. The van der Waals surface area contributed by atoms with Gasteiger partial charge < -0.3 is 15.2 Å². The third-order valence-electron chi connectivity index (χ3n) is 5.78. The van der Waals surface area contributed by atoms with E-state index in [0.717, 1.165) is 64.2 Å². The van der Waals surface area contributed by atoms with Crippen LogP contribution in [-0.4, -0.2) is 35.6 Å². The van der Waals surface area contributed by atoms with Crippen molar-refractivity contribution in [2.24, 2.45) is 0 Å². The highest BCUT2D eigenvalue weighted by atomic mass is 16.5. The van der Waals surface area contributed by atoms with E-state index in [2.05, 4.69) is 19.2 Å². The van der Waals surface area contributed by atoms with Crippen LogP contribution in [0.25, 0.3) is 0 Å². The summed E-state index contributed by atoms with van der Waals surface area (Å²) < 4.78 is 5.78. The number of esters is 1. The number of nitrogens with one attached hydrogen (secondary N) is 1. The van der Waals surface area contributed by atoms with E-state index in [0.29, 0.717) is 12.8 Å². The quantitative estimate of drug-likeness (QED) is 0.135. The second-order valence-corrected chi connectivity index (χ2v) is 8.96. The fourth-order valence-electron chi connectivity index (χ4n) is 3.81. The molecule has 0 radical (unpaired) electrons. The van der Waals surface area contributed by atoms with Crippen molar-refractivity contribution in [3.8, 4) is 0 Å². The van der Waals surface area contributed by atoms with Crippen molar-refractivity contribution in [1.29, 1.82) is 0 Å². The largest absolute Gasteiger partial charge is 0.480 e. The molecule has 0 saturated heterocycles. The highest BCUT2D eigenvalue weighted by Gasteiger charge is 2.14. The first kappa shape index (κ1) is 30.4. The van der Waals surface area contributed by atoms with Crippen LogP contribution in [0.15, 0.2) is 0 Å². The number of ether oxygens (including phenoxy) is 1. The van der Waals surface area contributed by atoms with Crippen molar-refractivity contribution < 1.29 is 24.2 Å². The maximum absolute atomic E-state index is 12.3. The Labute approximate surface area is 196 Å². The zero-order valence-electron chi connectivity index (χ0n) is 20.8. The van der Waals surface area contributed by atoms with Crippen LogP contribution in [0.3, 0.4) is 0 Å². The molecule has 0 rings (SSSR count). The Morgan fingerprint density at radius 3 is 1.75 bits per heavy atom. The van der Waals surface area contributed by atoms with E-state index in [4.69, 9.17) is 9.84 Å². The Kier molecular flexibility index (Phi) is 21.5. The summed E-state index contributed by atoms with van der Waals surface area (Å²) in [4.78, 5) is 34.3. The lowest BCUT2D eigenvalue weighted by molar-refractivity contribution is -0.150. The molecule has 6 nitrogen and oxygen atoms in total. The number of carboxylic acid groups (broad SMARTS) is 1. The molecule has 0 aromatic rings. The van der Waals surface area contributed by atoms with Gasteiger partial charge in [0.05, 0.1) is 0 Å². The lowest BCUT2D eigenvalue weighted by Gasteiger charge is -2.18. The first-order valence-corrected chi connectivity index (χ1v) is 13.2. The van der Waals surface area contributed by atoms with Gasteiger partial charge in [0.25, 0.3) is 0 Å². The van der Waals surface area contributed by atoms with Gasteiger partial charge in [-0.2, -0.15) is 0 Å². The van der Waals surface area contributed by atoms with Crippen molar-refractivity contribution in [3.05, 3.63) is 0 Å². The van der Waals surface area contributed by atoms with Crippen molar-refractivity contribution in [2.45, 2.75) is 142 Å². The number of carbonyl (C=O) groups excluding carboxylic acids is 2. The van der Waals surface area contributed by atoms with E-state index in [-0.39, 0.29) is 24.5 Å². The highest BCUT2D eigenvalue weighted by Crippen LogP contribution is 2.17. The number of aliphatic carboxylic acids is 1. The van der Waals surface area contributed by atoms with E-state index in [1.165, 1.54) is 44.9 Å². The molecule has 0 fully saturated rings. The van der Waals surface area contributed by atoms with Gasteiger partial charge in [0.15, 0.2) is 0 Å². The van der Waals surface area contributed by atoms with Crippen molar-refractivity contribution in [3.63, 3.8) is 0 Å². The molecule has 2 N–H and O–H groups in total. The third-order valence-corrected chi connectivity index (χ3v) is 5.78. The maximum atomic E-state index is 12.3. The summed E-state index contributed by atoms with van der Waals surface area (Å²) in [5, 5.41) is 10.9. The van der Waals surface area contributed by atoms with Gasteiger partial charge in [-0.25, -0.2) is 0 Å². The molecule has 1 unspecified atom stereocenters. The van der Waals surface area contributed by atoms with Gasteiger partial charge in [-0.15, -0.1) is 0 Å². The minimum atomic E-state index is -1.03. The average Bonchev–Trinajstić information content (AvgIpc) is 2.76. The molecule has 0 aromatic carbocycles. The molecule has 0 aromatic heterocycles.